The van der Waals surface area contributed by atoms with E-state index >= 15 is 4.39 Å². The van der Waals surface area contributed by atoms with Crippen LogP contribution in [0.2, 0.25) is 0 Å². The maximum absolute atomic E-state index is 15.6. The fourth-order valence-corrected chi connectivity index (χ4v) is 5.08. The highest BCUT2D eigenvalue weighted by atomic mass is 19.1. The minimum Gasteiger partial charge on any atom is -0.393 e. The number of aliphatic hydroxyl groups is 1. The molecular weight excluding hydrogens is 495 g/mol. The number of amides is 1. The van der Waals surface area contributed by atoms with Crippen LogP contribution in [0, 0.1) is 5.82 Å². The molecule has 1 aromatic carbocycles. The summed E-state index contributed by atoms with van der Waals surface area (Å²) in [6, 6.07) is 8.84. The highest BCUT2D eigenvalue weighted by Crippen LogP contribution is 2.39. The molecule has 39 heavy (non-hydrogen) atoms. The molecule has 0 spiro atoms. The van der Waals surface area contributed by atoms with E-state index in [1.165, 1.54) is 6.07 Å². The quantitative estimate of drug-likeness (QED) is 0.309. The molecule has 1 fully saturated rings. The monoisotopic (exact) mass is 532 g/mol. The van der Waals surface area contributed by atoms with Crippen molar-refractivity contribution in [1.29, 1.82) is 0 Å². The van der Waals surface area contributed by atoms with Gasteiger partial charge in [-0.1, -0.05) is 27.7 Å². The summed E-state index contributed by atoms with van der Waals surface area (Å²) >= 11 is 0. The van der Waals surface area contributed by atoms with Crippen molar-refractivity contribution in [2.45, 2.75) is 53.2 Å². The first-order valence-electron chi connectivity index (χ1n) is 13.7. The topological polar surface area (TPSA) is 95.3 Å². The lowest BCUT2D eigenvalue weighted by Crippen LogP contribution is -2.35. The summed E-state index contributed by atoms with van der Waals surface area (Å²) in [5.74, 6) is -0.137. The predicted molar refractivity (Wildman–Crippen MR) is 155 cm³/mol. The van der Waals surface area contributed by atoms with E-state index in [0.717, 1.165) is 42.7 Å². The van der Waals surface area contributed by atoms with Gasteiger partial charge in [-0.15, -0.1) is 0 Å². The van der Waals surface area contributed by atoms with E-state index in [1.54, 1.807) is 18.5 Å². The molecule has 6 rings (SSSR count). The second-order valence-electron chi connectivity index (χ2n) is 9.08. The smallest absolute Gasteiger partial charge is 0.254 e. The molecule has 0 unspecified atom stereocenters. The van der Waals surface area contributed by atoms with Gasteiger partial charge in [-0.3, -0.25) is 4.79 Å². The summed E-state index contributed by atoms with van der Waals surface area (Å²) in [4.78, 5) is 23.9. The van der Waals surface area contributed by atoms with Crippen molar-refractivity contribution in [2.24, 2.45) is 7.05 Å². The molecule has 0 aliphatic carbocycles. The van der Waals surface area contributed by atoms with Gasteiger partial charge in [0.15, 0.2) is 0 Å². The minimum absolute atomic E-state index is 0.239. The molecule has 3 aromatic heterocycles. The van der Waals surface area contributed by atoms with Crippen LogP contribution < -0.4 is 15.5 Å². The SMILES string of the molecule is CC.CC.Cn1ccc2c(-c3c(F)cc(Nc4ccc(N5CCC(O)CC5)cn4)c4c3CNC4=O)ccnc21. The second-order valence-corrected chi connectivity index (χ2v) is 9.08. The standard InChI is InChI=1S/C26H25FN6O2.2C2H6/c1-32-9-7-18-17(4-8-28-25(18)32)23-19-14-30-26(35)24(19)21(12-20(23)27)31-22-3-2-15(13-29-22)33-10-5-16(34)6-11-33;2*1-2/h2-4,7-9,12-13,16,34H,5-6,10-11,14H2,1H3,(H,29,31)(H,30,35);2*1-2H3. The molecule has 0 saturated carbocycles. The van der Waals surface area contributed by atoms with Gasteiger partial charge in [-0.05, 0) is 54.3 Å². The van der Waals surface area contributed by atoms with Crippen LogP contribution in [-0.4, -0.2) is 44.7 Å². The lowest BCUT2D eigenvalue weighted by molar-refractivity contribution is 0.0966. The lowest BCUT2D eigenvalue weighted by atomic mass is 9.94. The lowest BCUT2D eigenvalue weighted by Gasteiger charge is -2.31. The molecule has 9 heteroatoms. The van der Waals surface area contributed by atoms with E-state index in [-0.39, 0.29) is 18.6 Å². The Kier molecular flexibility index (Phi) is 8.81. The molecule has 0 atom stereocenters. The normalized spacial score (nSPS) is 14.6. The Labute approximate surface area is 228 Å². The fraction of sp³-hybridized carbons (Fsp3) is 0.367. The Balaban J connectivity index is 0.000000845. The summed E-state index contributed by atoms with van der Waals surface area (Å²) in [7, 11) is 1.89. The average Bonchev–Trinajstić information content (AvgIpc) is 3.55. The molecule has 1 saturated heterocycles. The Bertz CT molecular complexity index is 1440. The highest BCUT2D eigenvalue weighted by molar-refractivity contribution is 6.07. The van der Waals surface area contributed by atoms with Gasteiger partial charge in [-0.2, -0.15) is 0 Å². The van der Waals surface area contributed by atoms with Crippen molar-refractivity contribution in [3.05, 3.63) is 65.9 Å². The van der Waals surface area contributed by atoms with E-state index in [4.69, 9.17) is 0 Å². The molecule has 2 aliphatic heterocycles. The van der Waals surface area contributed by atoms with E-state index in [2.05, 4.69) is 25.5 Å². The third kappa shape index (κ3) is 5.45. The number of benzene rings is 1. The van der Waals surface area contributed by atoms with E-state index in [1.807, 2.05) is 63.7 Å². The number of aryl methyl sites for hydroxylation is 1. The summed E-state index contributed by atoms with van der Waals surface area (Å²) in [6.45, 7) is 9.80. The van der Waals surface area contributed by atoms with Crippen molar-refractivity contribution in [3.8, 4) is 11.1 Å². The Morgan fingerprint density at radius 3 is 2.49 bits per heavy atom. The maximum Gasteiger partial charge on any atom is 0.254 e. The van der Waals surface area contributed by atoms with Crippen LogP contribution in [-0.2, 0) is 13.6 Å². The molecule has 1 amide bonds. The summed E-state index contributed by atoms with van der Waals surface area (Å²) in [5, 5.41) is 16.5. The number of aliphatic hydroxyl groups excluding tert-OH is 1. The first kappa shape index (κ1) is 28.0. The number of anilines is 3. The zero-order valence-corrected chi connectivity index (χ0v) is 23.3. The van der Waals surface area contributed by atoms with Gasteiger partial charge in [-0.25, -0.2) is 14.4 Å². The zero-order valence-electron chi connectivity index (χ0n) is 23.3. The third-order valence-corrected chi connectivity index (χ3v) is 6.91. The van der Waals surface area contributed by atoms with Crippen molar-refractivity contribution in [1.82, 2.24) is 19.9 Å². The number of nitrogens with one attached hydrogen (secondary N) is 2. The largest absolute Gasteiger partial charge is 0.393 e. The number of carbonyl (C=O) groups excluding carboxylic acids is 1. The van der Waals surface area contributed by atoms with Crippen LogP contribution in [0.4, 0.5) is 21.6 Å². The molecule has 2 aliphatic rings. The van der Waals surface area contributed by atoms with Crippen molar-refractivity contribution < 1.29 is 14.3 Å². The van der Waals surface area contributed by atoms with Gasteiger partial charge in [0.05, 0.1) is 29.2 Å². The van der Waals surface area contributed by atoms with Crippen LogP contribution >= 0.6 is 0 Å². The second kappa shape index (κ2) is 12.3. The third-order valence-electron chi connectivity index (χ3n) is 6.91. The Morgan fingerprint density at radius 2 is 1.79 bits per heavy atom. The molecule has 8 nitrogen and oxygen atoms in total. The maximum atomic E-state index is 15.6. The molecule has 0 bridgehead atoms. The number of rotatable bonds is 4. The summed E-state index contributed by atoms with van der Waals surface area (Å²) < 4.78 is 17.5. The van der Waals surface area contributed by atoms with Gasteiger partial charge in [0.1, 0.15) is 17.3 Å². The number of carbonyl (C=O) groups is 1. The van der Waals surface area contributed by atoms with Crippen molar-refractivity contribution in [3.63, 3.8) is 0 Å². The average molecular weight is 533 g/mol. The van der Waals surface area contributed by atoms with Crippen LogP contribution in [0.5, 0.6) is 0 Å². The first-order valence-corrected chi connectivity index (χ1v) is 13.7. The van der Waals surface area contributed by atoms with Crippen LogP contribution in [0.15, 0.2) is 48.9 Å². The molecule has 3 N–H and O–H groups in total. The Hall–Kier alpha value is -3.98. The number of fused-ring (bicyclic) bond motifs is 2. The molecule has 5 heterocycles. The van der Waals surface area contributed by atoms with Crippen molar-refractivity contribution >= 4 is 34.1 Å². The fourth-order valence-electron chi connectivity index (χ4n) is 5.08. The van der Waals surface area contributed by atoms with Crippen LogP contribution in [0.25, 0.3) is 22.2 Å². The van der Waals surface area contributed by atoms with Gasteiger partial charge >= 0.3 is 0 Å². The number of aromatic nitrogens is 3. The highest BCUT2D eigenvalue weighted by Gasteiger charge is 2.30. The first-order chi connectivity index (χ1) is 19.0. The van der Waals surface area contributed by atoms with Gasteiger partial charge < -0.3 is 25.2 Å². The van der Waals surface area contributed by atoms with E-state index < -0.39 is 5.82 Å². The number of pyridine rings is 2. The van der Waals surface area contributed by atoms with Gasteiger partial charge in [0.25, 0.3) is 5.91 Å². The van der Waals surface area contributed by atoms with Crippen LogP contribution in [0.1, 0.15) is 56.5 Å². The van der Waals surface area contributed by atoms with E-state index in [0.29, 0.717) is 33.8 Å². The number of nitrogens with zero attached hydrogens (tertiary/aromatic N) is 4. The number of hydrogen-bond donors (Lipinski definition) is 3. The van der Waals surface area contributed by atoms with Crippen LogP contribution in [0.3, 0.4) is 0 Å². The summed E-state index contributed by atoms with van der Waals surface area (Å²) in [5.41, 5.74) is 4.28. The molecule has 4 aromatic rings. The summed E-state index contributed by atoms with van der Waals surface area (Å²) in [6.07, 6.45) is 6.54. The van der Waals surface area contributed by atoms with Crippen molar-refractivity contribution in [2.75, 3.05) is 23.3 Å². The molecule has 0 radical (unpaired) electrons. The molecule has 206 valence electrons. The molecular formula is C30H37FN6O2. The van der Waals surface area contributed by atoms with E-state index in [9.17, 15) is 9.90 Å². The Morgan fingerprint density at radius 1 is 1.05 bits per heavy atom. The van der Waals surface area contributed by atoms with Gasteiger partial charge in [0, 0.05) is 50.0 Å². The van der Waals surface area contributed by atoms with Gasteiger partial charge in [0.2, 0.25) is 0 Å². The number of halogens is 1. The number of piperidine rings is 1. The number of hydrogen-bond acceptors (Lipinski definition) is 6. The predicted octanol–water partition coefficient (Wildman–Crippen LogP) is 5.77. The zero-order chi connectivity index (χ0) is 28.1. The minimum atomic E-state index is -0.414.